The summed E-state index contributed by atoms with van der Waals surface area (Å²) in [6.07, 6.45) is 3.45. The minimum absolute atomic E-state index is 0.149. The number of amides is 1. The first-order valence-corrected chi connectivity index (χ1v) is 10.3. The molecular formula is C23H16Cl2N4O3. The standard InChI is InChI=1S/C23H16Cl2N4O3/c24-18-9-8-16(21(25)11-18)13-28-14-17(20-6-1-2-7-22(20)28)12-26-27-23(30)15-4-3-5-19(10-15)29(31)32/h1-12,14H,13H2,(H,27,30)/b26-12-. The Morgan fingerprint density at radius 2 is 1.91 bits per heavy atom. The maximum Gasteiger partial charge on any atom is 0.271 e. The van der Waals surface area contributed by atoms with E-state index in [1.165, 1.54) is 30.5 Å². The largest absolute Gasteiger partial charge is 0.342 e. The van der Waals surface area contributed by atoms with E-state index in [1.807, 2.05) is 41.1 Å². The monoisotopic (exact) mass is 466 g/mol. The number of rotatable bonds is 6. The summed E-state index contributed by atoms with van der Waals surface area (Å²) in [4.78, 5) is 22.7. The van der Waals surface area contributed by atoms with Gasteiger partial charge >= 0.3 is 0 Å². The molecule has 1 heterocycles. The Hall–Kier alpha value is -3.68. The van der Waals surface area contributed by atoms with Crippen LogP contribution in [0.25, 0.3) is 10.9 Å². The van der Waals surface area contributed by atoms with Crippen molar-refractivity contribution < 1.29 is 9.72 Å². The highest BCUT2D eigenvalue weighted by atomic mass is 35.5. The highest BCUT2D eigenvalue weighted by Crippen LogP contribution is 2.25. The summed E-state index contributed by atoms with van der Waals surface area (Å²) in [6, 6.07) is 18.6. The predicted octanol–water partition coefficient (Wildman–Crippen LogP) is 5.67. The van der Waals surface area contributed by atoms with Crippen LogP contribution in [0.3, 0.4) is 0 Å². The van der Waals surface area contributed by atoms with Gasteiger partial charge in [-0.25, -0.2) is 5.43 Å². The maximum atomic E-state index is 12.3. The van der Waals surface area contributed by atoms with Gasteiger partial charge in [0, 0.05) is 56.9 Å². The normalized spacial score (nSPS) is 11.2. The van der Waals surface area contributed by atoms with Gasteiger partial charge in [0.05, 0.1) is 11.1 Å². The van der Waals surface area contributed by atoms with Crippen molar-refractivity contribution in [3.63, 3.8) is 0 Å². The predicted molar refractivity (Wildman–Crippen MR) is 126 cm³/mol. The van der Waals surface area contributed by atoms with Crippen LogP contribution >= 0.6 is 23.2 Å². The quantitative estimate of drug-likeness (QED) is 0.225. The number of hydrazone groups is 1. The Morgan fingerprint density at radius 1 is 1.09 bits per heavy atom. The van der Waals surface area contributed by atoms with Crippen LogP contribution in [0.1, 0.15) is 21.5 Å². The second-order valence-electron chi connectivity index (χ2n) is 6.97. The van der Waals surface area contributed by atoms with E-state index in [0.717, 1.165) is 22.0 Å². The third kappa shape index (κ3) is 4.64. The van der Waals surface area contributed by atoms with Crippen molar-refractivity contribution in [2.75, 3.05) is 0 Å². The minimum atomic E-state index is -0.554. The van der Waals surface area contributed by atoms with E-state index in [-0.39, 0.29) is 11.3 Å². The molecule has 32 heavy (non-hydrogen) atoms. The highest BCUT2D eigenvalue weighted by Gasteiger charge is 2.12. The molecule has 0 aliphatic rings. The Kier molecular flexibility index (Phi) is 6.20. The molecule has 4 rings (SSSR count). The molecule has 4 aromatic rings. The van der Waals surface area contributed by atoms with E-state index in [9.17, 15) is 14.9 Å². The Balaban J connectivity index is 1.57. The highest BCUT2D eigenvalue weighted by molar-refractivity contribution is 6.35. The number of nitro benzene ring substituents is 1. The van der Waals surface area contributed by atoms with E-state index in [1.54, 1.807) is 12.1 Å². The van der Waals surface area contributed by atoms with E-state index in [4.69, 9.17) is 23.2 Å². The number of benzene rings is 3. The molecule has 0 atom stereocenters. The molecule has 0 radical (unpaired) electrons. The smallest absolute Gasteiger partial charge is 0.271 e. The number of carbonyl (C=O) groups excluding carboxylic acids is 1. The van der Waals surface area contributed by atoms with Crippen molar-refractivity contribution in [2.45, 2.75) is 6.54 Å². The first kappa shape index (κ1) is 21.5. The van der Waals surface area contributed by atoms with Crippen LogP contribution in [0.4, 0.5) is 5.69 Å². The SMILES string of the molecule is O=C(N/N=C\c1cn(Cc2ccc(Cl)cc2Cl)c2ccccc12)c1cccc([N+](=O)[O-])c1. The fourth-order valence-electron chi connectivity index (χ4n) is 3.33. The van der Waals surface area contributed by atoms with Gasteiger partial charge in [0.15, 0.2) is 0 Å². The van der Waals surface area contributed by atoms with Crippen molar-refractivity contribution in [1.29, 1.82) is 0 Å². The first-order chi connectivity index (χ1) is 15.4. The lowest BCUT2D eigenvalue weighted by atomic mass is 10.2. The fraction of sp³-hybridized carbons (Fsp3) is 0.0435. The lowest BCUT2D eigenvalue weighted by molar-refractivity contribution is -0.384. The number of hydrogen-bond donors (Lipinski definition) is 1. The summed E-state index contributed by atoms with van der Waals surface area (Å²) >= 11 is 12.3. The van der Waals surface area contributed by atoms with E-state index < -0.39 is 10.8 Å². The van der Waals surface area contributed by atoms with Crippen LogP contribution in [0.2, 0.25) is 10.0 Å². The molecular weight excluding hydrogens is 451 g/mol. The van der Waals surface area contributed by atoms with Crippen LogP contribution in [-0.4, -0.2) is 21.6 Å². The maximum absolute atomic E-state index is 12.3. The van der Waals surface area contributed by atoms with Gasteiger partial charge in [-0.15, -0.1) is 0 Å². The molecule has 0 spiro atoms. The zero-order chi connectivity index (χ0) is 22.7. The zero-order valence-corrected chi connectivity index (χ0v) is 18.0. The van der Waals surface area contributed by atoms with Crippen molar-refractivity contribution in [1.82, 2.24) is 9.99 Å². The van der Waals surface area contributed by atoms with Gasteiger partial charge in [-0.1, -0.05) is 53.5 Å². The number of halogens is 2. The summed E-state index contributed by atoms with van der Waals surface area (Å²) in [5.74, 6) is -0.540. The van der Waals surface area contributed by atoms with Gasteiger partial charge in [0.2, 0.25) is 0 Å². The van der Waals surface area contributed by atoms with Gasteiger partial charge in [-0.05, 0) is 29.8 Å². The number of para-hydroxylation sites is 1. The number of hydrogen-bond acceptors (Lipinski definition) is 4. The van der Waals surface area contributed by atoms with E-state index in [0.29, 0.717) is 16.6 Å². The van der Waals surface area contributed by atoms with Crippen LogP contribution in [0.5, 0.6) is 0 Å². The van der Waals surface area contributed by atoms with Gasteiger partial charge in [-0.2, -0.15) is 5.10 Å². The summed E-state index contributed by atoms with van der Waals surface area (Å²) in [5, 5.41) is 17.0. The first-order valence-electron chi connectivity index (χ1n) is 9.52. The van der Waals surface area contributed by atoms with Gasteiger partial charge in [0.25, 0.3) is 11.6 Å². The molecule has 9 heteroatoms. The molecule has 0 saturated heterocycles. The lowest BCUT2D eigenvalue weighted by Gasteiger charge is -2.08. The topological polar surface area (TPSA) is 89.5 Å². The Bertz CT molecular complexity index is 1360. The van der Waals surface area contributed by atoms with Crippen molar-refractivity contribution in [3.05, 3.63) is 110 Å². The molecule has 1 aromatic heterocycles. The lowest BCUT2D eigenvalue weighted by Crippen LogP contribution is -2.17. The van der Waals surface area contributed by atoms with Crippen LogP contribution in [-0.2, 0) is 6.54 Å². The number of non-ortho nitro benzene ring substituents is 1. The van der Waals surface area contributed by atoms with Crippen LogP contribution in [0.15, 0.2) is 78.0 Å². The number of nitrogens with one attached hydrogen (secondary N) is 1. The molecule has 7 nitrogen and oxygen atoms in total. The molecule has 3 aromatic carbocycles. The number of fused-ring (bicyclic) bond motifs is 1. The summed E-state index contributed by atoms with van der Waals surface area (Å²) in [5.41, 5.74) is 5.09. The molecule has 0 bridgehead atoms. The zero-order valence-electron chi connectivity index (χ0n) is 16.5. The molecule has 0 unspecified atom stereocenters. The third-order valence-corrected chi connectivity index (χ3v) is 5.45. The van der Waals surface area contributed by atoms with Crippen LogP contribution in [0, 0.1) is 10.1 Å². The minimum Gasteiger partial charge on any atom is -0.342 e. The summed E-state index contributed by atoms with van der Waals surface area (Å²) < 4.78 is 2.04. The number of nitro groups is 1. The molecule has 0 aliphatic carbocycles. The van der Waals surface area contributed by atoms with Crippen molar-refractivity contribution >= 4 is 51.9 Å². The molecule has 160 valence electrons. The Morgan fingerprint density at radius 3 is 2.69 bits per heavy atom. The molecule has 1 N–H and O–H groups in total. The van der Waals surface area contributed by atoms with Gasteiger partial charge < -0.3 is 4.57 Å². The second-order valence-corrected chi connectivity index (χ2v) is 7.82. The average Bonchev–Trinajstić information content (AvgIpc) is 3.13. The number of carbonyl (C=O) groups is 1. The summed E-state index contributed by atoms with van der Waals surface area (Å²) in [7, 11) is 0. The number of nitrogens with zero attached hydrogens (tertiary/aromatic N) is 3. The van der Waals surface area contributed by atoms with E-state index in [2.05, 4.69) is 10.5 Å². The van der Waals surface area contributed by atoms with Gasteiger partial charge in [0.1, 0.15) is 0 Å². The molecule has 0 fully saturated rings. The second kappa shape index (κ2) is 9.21. The van der Waals surface area contributed by atoms with Gasteiger partial charge in [-0.3, -0.25) is 14.9 Å². The number of aromatic nitrogens is 1. The molecule has 1 amide bonds. The average molecular weight is 467 g/mol. The van der Waals surface area contributed by atoms with Crippen molar-refractivity contribution in [2.24, 2.45) is 5.10 Å². The Labute approximate surface area is 193 Å². The molecule has 0 aliphatic heterocycles. The van der Waals surface area contributed by atoms with Crippen molar-refractivity contribution in [3.8, 4) is 0 Å². The third-order valence-electron chi connectivity index (χ3n) is 4.86. The fourth-order valence-corrected chi connectivity index (χ4v) is 3.80. The molecule has 0 saturated carbocycles. The summed E-state index contributed by atoms with van der Waals surface area (Å²) in [6.45, 7) is 0.532. The van der Waals surface area contributed by atoms with E-state index >= 15 is 0 Å². The van der Waals surface area contributed by atoms with Crippen LogP contribution < -0.4 is 5.43 Å².